The molecule has 126 valence electrons. The zero-order valence-electron chi connectivity index (χ0n) is 13.0. The number of amides is 1. The summed E-state index contributed by atoms with van der Waals surface area (Å²) in [5, 5.41) is 3.97. The monoisotopic (exact) mass is 384 g/mol. The average molecular weight is 385 g/mol. The van der Waals surface area contributed by atoms with E-state index in [1.54, 1.807) is 0 Å². The second kappa shape index (κ2) is 7.94. The zero-order chi connectivity index (χ0) is 16.1. The van der Waals surface area contributed by atoms with Gasteiger partial charge in [0, 0.05) is 32.2 Å². The summed E-state index contributed by atoms with van der Waals surface area (Å²) < 4.78 is 12.0. The van der Waals surface area contributed by atoms with Gasteiger partial charge in [-0.1, -0.05) is 0 Å². The molecule has 8 heteroatoms. The van der Waals surface area contributed by atoms with Crippen LogP contribution >= 0.6 is 15.9 Å². The molecule has 0 saturated carbocycles. The lowest BCUT2D eigenvalue weighted by molar-refractivity contribution is -0.123. The first kappa shape index (κ1) is 16.5. The van der Waals surface area contributed by atoms with Crippen molar-refractivity contribution in [2.75, 3.05) is 50.8 Å². The van der Waals surface area contributed by atoms with E-state index in [0.29, 0.717) is 25.5 Å². The second-order valence-corrected chi connectivity index (χ2v) is 6.53. The van der Waals surface area contributed by atoms with Crippen LogP contribution in [0.25, 0.3) is 0 Å². The standard InChI is InChI=1S/C15H21BrN4O3/c16-13-9-12(23-15(13)20-3-1-2-4-20)10-17-18-14(21)11-19-5-7-22-8-6-19/h9-10H,1-8,11H2,(H,18,21)/b17-10-. The Hall–Kier alpha value is -1.38. The molecule has 0 aromatic carbocycles. The third-order valence-corrected chi connectivity index (χ3v) is 4.50. The normalized spacial score (nSPS) is 19.6. The number of nitrogens with zero attached hydrogens (tertiary/aromatic N) is 3. The first-order chi connectivity index (χ1) is 11.2. The lowest BCUT2D eigenvalue weighted by Gasteiger charge is -2.25. The summed E-state index contributed by atoms with van der Waals surface area (Å²) >= 11 is 3.51. The number of ether oxygens (including phenoxy) is 1. The molecular formula is C15H21BrN4O3. The van der Waals surface area contributed by atoms with Crippen LogP contribution in [0.4, 0.5) is 5.88 Å². The molecule has 3 heterocycles. The van der Waals surface area contributed by atoms with Gasteiger partial charge in [-0.15, -0.1) is 0 Å². The number of morpholine rings is 1. The molecule has 23 heavy (non-hydrogen) atoms. The lowest BCUT2D eigenvalue weighted by Crippen LogP contribution is -2.42. The third-order valence-electron chi connectivity index (χ3n) is 3.93. The zero-order valence-corrected chi connectivity index (χ0v) is 14.5. The molecule has 1 aromatic heterocycles. The van der Waals surface area contributed by atoms with Crippen LogP contribution in [-0.2, 0) is 9.53 Å². The predicted octanol–water partition coefficient (Wildman–Crippen LogP) is 1.42. The molecule has 0 unspecified atom stereocenters. The highest BCUT2D eigenvalue weighted by Crippen LogP contribution is 2.31. The van der Waals surface area contributed by atoms with E-state index in [-0.39, 0.29) is 5.91 Å². The van der Waals surface area contributed by atoms with E-state index < -0.39 is 0 Å². The van der Waals surface area contributed by atoms with E-state index in [1.807, 2.05) is 11.0 Å². The van der Waals surface area contributed by atoms with Crippen molar-refractivity contribution in [3.05, 3.63) is 16.3 Å². The molecule has 0 aliphatic carbocycles. The van der Waals surface area contributed by atoms with E-state index in [0.717, 1.165) is 36.5 Å². The Morgan fingerprint density at radius 1 is 1.30 bits per heavy atom. The van der Waals surface area contributed by atoms with Crippen LogP contribution in [-0.4, -0.2) is 63.0 Å². The maximum atomic E-state index is 11.8. The fourth-order valence-corrected chi connectivity index (χ4v) is 3.30. The Labute approximate surface area is 143 Å². The quantitative estimate of drug-likeness (QED) is 0.614. The molecular weight excluding hydrogens is 364 g/mol. The van der Waals surface area contributed by atoms with Crippen molar-refractivity contribution in [2.24, 2.45) is 5.10 Å². The van der Waals surface area contributed by atoms with Crippen molar-refractivity contribution >= 4 is 33.9 Å². The van der Waals surface area contributed by atoms with E-state index >= 15 is 0 Å². The van der Waals surface area contributed by atoms with Gasteiger partial charge in [-0.25, -0.2) is 5.43 Å². The number of hydrogen-bond acceptors (Lipinski definition) is 6. The SMILES string of the molecule is O=C(CN1CCOCC1)N/N=C\c1cc(Br)c(N2CCCC2)o1. The third kappa shape index (κ3) is 4.55. The van der Waals surface area contributed by atoms with Crippen molar-refractivity contribution < 1.29 is 13.9 Å². The van der Waals surface area contributed by atoms with Gasteiger partial charge in [-0.3, -0.25) is 9.69 Å². The van der Waals surface area contributed by atoms with Crippen LogP contribution < -0.4 is 10.3 Å². The first-order valence-corrected chi connectivity index (χ1v) is 8.68. The molecule has 2 aliphatic heterocycles. The van der Waals surface area contributed by atoms with Crippen molar-refractivity contribution in [3.63, 3.8) is 0 Å². The van der Waals surface area contributed by atoms with Gasteiger partial charge in [-0.05, 0) is 28.8 Å². The molecule has 1 aromatic rings. The van der Waals surface area contributed by atoms with Crippen LogP contribution in [0.5, 0.6) is 0 Å². The maximum Gasteiger partial charge on any atom is 0.254 e. The molecule has 2 aliphatic rings. The summed E-state index contributed by atoms with van der Waals surface area (Å²) in [6.07, 6.45) is 3.91. The molecule has 0 radical (unpaired) electrons. The number of furan rings is 1. The fourth-order valence-electron chi connectivity index (χ4n) is 2.74. The number of rotatable bonds is 5. The molecule has 3 rings (SSSR count). The summed E-state index contributed by atoms with van der Waals surface area (Å²) in [7, 11) is 0. The Kier molecular flexibility index (Phi) is 5.69. The van der Waals surface area contributed by atoms with Gasteiger partial charge in [0.05, 0.1) is 30.4 Å². The largest absolute Gasteiger partial charge is 0.438 e. The van der Waals surface area contributed by atoms with Crippen molar-refractivity contribution in [3.8, 4) is 0 Å². The Balaban J connectivity index is 1.49. The number of hydrazone groups is 1. The highest BCUT2D eigenvalue weighted by Gasteiger charge is 2.19. The van der Waals surface area contributed by atoms with Crippen LogP contribution in [0.15, 0.2) is 20.1 Å². The average Bonchev–Trinajstić information content (AvgIpc) is 3.18. The van der Waals surface area contributed by atoms with Crippen molar-refractivity contribution in [2.45, 2.75) is 12.8 Å². The molecule has 7 nitrogen and oxygen atoms in total. The van der Waals surface area contributed by atoms with Crippen molar-refractivity contribution in [1.29, 1.82) is 0 Å². The molecule has 0 atom stereocenters. The molecule has 1 amide bonds. The first-order valence-electron chi connectivity index (χ1n) is 7.88. The topological polar surface area (TPSA) is 70.3 Å². The minimum atomic E-state index is -0.131. The van der Waals surface area contributed by atoms with Crippen LogP contribution in [0.1, 0.15) is 18.6 Å². The summed E-state index contributed by atoms with van der Waals surface area (Å²) in [5.41, 5.74) is 2.54. The number of halogens is 1. The number of carbonyl (C=O) groups is 1. The summed E-state index contributed by atoms with van der Waals surface area (Å²) in [5.74, 6) is 1.32. The summed E-state index contributed by atoms with van der Waals surface area (Å²) in [6, 6.07) is 1.87. The summed E-state index contributed by atoms with van der Waals surface area (Å²) in [4.78, 5) is 16.1. The Bertz CT molecular complexity index is 563. The van der Waals surface area contributed by atoms with Crippen molar-refractivity contribution in [1.82, 2.24) is 10.3 Å². The number of anilines is 1. The van der Waals surface area contributed by atoms with E-state index in [9.17, 15) is 4.79 Å². The Morgan fingerprint density at radius 3 is 2.78 bits per heavy atom. The van der Waals surface area contributed by atoms with Gasteiger partial charge in [0.25, 0.3) is 5.91 Å². The summed E-state index contributed by atoms with van der Waals surface area (Å²) in [6.45, 7) is 5.27. The van der Waals surface area contributed by atoms with Crippen LogP contribution in [0, 0.1) is 0 Å². The highest BCUT2D eigenvalue weighted by atomic mass is 79.9. The van der Waals surface area contributed by atoms with Gasteiger partial charge in [-0.2, -0.15) is 5.10 Å². The van der Waals surface area contributed by atoms with Gasteiger partial charge in [0.1, 0.15) is 0 Å². The second-order valence-electron chi connectivity index (χ2n) is 5.68. The number of carbonyl (C=O) groups excluding carboxylic acids is 1. The van der Waals surface area contributed by atoms with Gasteiger partial charge >= 0.3 is 0 Å². The predicted molar refractivity (Wildman–Crippen MR) is 90.9 cm³/mol. The number of nitrogens with one attached hydrogen (secondary N) is 1. The lowest BCUT2D eigenvalue weighted by atomic mass is 10.4. The van der Waals surface area contributed by atoms with Gasteiger partial charge in [0.2, 0.25) is 5.88 Å². The molecule has 0 spiro atoms. The smallest absolute Gasteiger partial charge is 0.254 e. The van der Waals surface area contributed by atoms with E-state index in [4.69, 9.17) is 9.15 Å². The number of hydrogen-bond donors (Lipinski definition) is 1. The van der Waals surface area contributed by atoms with Crippen LogP contribution in [0.2, 0.25) is 0 Å². The molecule has 0 bridgehead atoms. The minimum absolute atomic E-state index is 0.131. The van der Waals surface area contributed by atoms with E-state index in [2.05, 4.69) is 31.4 Å². The minimum Gasteiger partial charge on any atom is -0.438 e. The maximum absolute atomic E-state index is 11.8. The Morgan fingerprint density at radius 2 is 2.04 bits per heavy atom. The molecule has 2 saturated heterocycles. The van der Waals surface area contributed by atoms with Crippen LogP contribution in [0.3, 0.4) is 0 Å². The fraction of sp³-hybridized carbons (Fsp3) is 0.600. The van der Waals surface area contributed by atoms with Gasteiger partial charge < -0.3 is 14.1 Å². The van der Waals surface area contributed by atoms with E-state index in [1.165, 1.54) is 19.1 Å². The highest BCUT2D eigenvalue weighted by molar-refractivity contribution is 9.10. The van der Waals surface area contributed by atoms with Gasteiger partial charge in [0.15, 0.2) is 5.76 Å². The molecule has 2 fully saturated rings. The molecule has 1 N–H and O–H groups in total.